The third-order valence-corrected chi connectivity index (χ3v) is 4.02. The zero-order valence-electron chi connectivity index (χ0n) is 11.8. The third kappa shape index (κ3) is 3.40. The minimum Gasteiger partial charge on any atom is -0.398 e. The van der Waals surface area contributed by atoms with Gasteiger partial charge in [0.15, 0.2) is 0 Å². The molecule has 0 bridgehead atoms. The molecule has 1 saturated carbocycles. The molecule has 1 aliphatic carbocycles. The molecule has 2 N–H and O–H groups in total. The first-order valence-corrected chi connectivity index (χ1v) is 7.44. The van der Waals surface area contributed by atoms with Crippen molar-refractivity contribution in [1.82, 2.24) is 4.90 Å². The van der Waals surface area contributed by atoms with E-state index in [0.29, 0.717) is 0 Å². The number of hydrogen-bond acceptors (Lipinski definition) is 2. The van der Waals surface area contributed by atoms with Gasteiger partial charge in [-0.25, -0.2) is 0 Å². The highest BCUT2D eigenvalue weighted by Gasteiger charge is 2.28. The van der Waals surface area contributed by atoms with E-state index in [1.54, 1.807) is 0 Å². The van der Waals surface area contributed by atoms with E-state index in [4.69, 9.17) is 5.73 Å². The van der Waals surface area contributed by atoms with Crippen molar-refractivity contribution in [1.29, 1.82) is 0 Å². The molecule has 2 aromatic rings. The van der Waals surface area contributed by atoms with Crippen LogP contribution >= 0.6 is 0 Å². The summed E-state index contributed by atoms with van der Waals surface area (Å²) in [7, 11) is 0. The summed E-state index contributed by atoms with van der Waals surface area (Å²) in [4.78, 5) is 2.58. The Morgan fingerprint density at radius 2 is 1.65 bits per heavy atom. The van der Waals surface area contributed by atoms with Gasteiger partial charge < -0.3 is 5.73 Å². The molecule has 2 nitrogen and oxygen atoms in total. The average Bonchev–Trinajstić information content (AvgIpc) is 3.31. The summed E-state index contributed by atoms with van der Waals surface area (Å²) in [6.07, 6.45) is 3.78. The second-order valence-corrected chi connectivity index (χ2v) is 5.64. The van der Waals surface area contributed by atoms with Gasteiger partial charge in [-0.15, -0.1) is 0 Å². The summed E-state index contributed by atoms with van der Waals surface area (Å²) in [6, 6.07) is 19.7. The minimum absolute atomic E-state index is 0.762. The summed E-state index contributed by atoms with van der Waals surface area (Å²) in [5.41, 5.74) is 9.66. The van der Waals surface area contributed by atoms with Crippen molar-refractivity contribution >= 4 is 5.69 Å². The highest BCUT2D eigenvalue weighted by Crippen LogP contribution is 2.29. The van der Waals surface area contributed by atoms with E-state index >= 15 is 0 Å². The molecule has 20 heavy (non-hydrogen) atoms. The molecule has 104 valence electrons. The van der Waals surface area contributed by atoms with E-state index in [9.17, 15) is 0 Å². The van der Waals surface area contributed by atoms with E-state index < -0.39 is 0 Å². The fourth-order valence-electron chi connectivity index (χ4n) is 2.64. The number of para-hydroxylation sites is 1. The van der Waals surface area contributed by atoms with Crippen LogP contribution in [0.1, 0.15) is 24.0 Å². The van der Waals surface area contributed by atoms with Gasteiger partial charge in [0.05, 0.1) is 0 Å². The van der Waals surface area contributed by atoms with Gasteiger partial charge in [0.2, 0.25) is 0 Å². The highest BCUT2D eigenvalue weighted by molar-refractivity contribution is 5.46. The lowest BCUT2D eigenvalue weighted by Crippen LogP contribution is -2.28. The van der Waals surface area contributed by atoms with Gasteiger partial charge in [-0.2, -0.15) is 0 Å². The van der Waals surface area contributed by atoms with Crippen molar-refractivity contribution < 1.29 is 0 Å². The molecule has 1 aliphatic rings. The van der Waals surface area contributed by atoms with Gasteiger partial charge in [0.1, 0.15) is 0 Å². The Kier molecular flexibility index (Phi) is 4.03. The maximum Gasteiger partial charge on any atom is 0.0359 e. The Labute approximate surface area is 121 Å². The molecule has 0 radical (unpaired) electrons. The third-order valence-electron chi connectivity index (χ3n) is 4.02. The molecule has 0 aliphatic heterocycles. The first-order chi connectivity index (χ1) is 9.83. The number of rotatable bonds is 6. The maximum atomic E-state index is 6.07. The van der Waals surface area contributed by atoms with Crippen molar-refractivity contribution in [2.75, 3.05) is 12.3 Å². The molecular formula is C18H22N2. The normalized spacial score (nSPS) is 14.7. The van der Waals surface area contributed by atoms with Gasteiger partial charge in [-0.3, -0.25) is 4.90 Å². The Bertz CT molecular complexity index is 546. The van der Waals surface area contributed by atoms with Crippen LogP contribution in [-0.2, 0) is 13.0 Å². The number of nitrogens with two attached hydrogens (primary N) is 1. The monoisotopic (exact) mass is 266 g/mol. The van der Waals surface area contributed by atoms with Crippen LogP contribution in [0.3, 0.4) is 0 Å². The summed E-state index contributed by atoms with van der Waals surface area (Å²) in [6.45, 7) is 2.09. The van der Waals surface area contributed by atoms with E-state index in [-0.39, 0.29) is 0 Å². The van der Waals surface area contributed by atoms with Crippen LogP contribution in [0, 0.1) is 0 Å². The van der Waals surface area contributed by atoms with E-state index in [0.717, 1.165) is 31.2 Å². The van der Waals surface area contributed by atoms with Crippen LogP contribution in [0.4, 0.5) is 5.69 Å². The molecule has 0 unspecified atom stereocenters. The second-order valence-electron chi connectivity index (χ2n) is 5.64. The number of hydrogen-bond donors (Lipinski definition) is 1. The van der Waals surface area contributed by atoms with Crippen LogP contribution in [0.15, 0.2) is 54.6 Å². The number of nitrogens with zero attached hydrogens (tertiary/aromatic N) is 1. The van der Waals surface area contributed by atoms with Crippen molar-refractivity contribution in [3.05, 3.63) is 65.7 Å². The molecule has 3 rings (SSSR count). The van der Waals surface area contributed by atoms with Crippen molar-refractivity contribution in [2.45, 2.75) is 31.8 Å². The molecule has 0 atom stereocenters. The van der Waals surface area contributed by atoms with E-state index in [1.807, 2.05) is 12.1 Å². The summed E-state index contributed by atoms with van der Waals surface area (Å²) in [5.74, 6) is 0. The van der Waals surface area contributed by atoms with Crippen molar-refractivity contribution in [2.24, 2.45) is 0 Å². The number of benzene rings is 2. The van der Waals surface area contributed by atoms with E-state index in [2.05, 4.69) is 47.4 Å². The lowest BCUT2D eigenvalue weighted by atomic mass is 10.1. The Morgan fingerprint density at radius 3 is 2.35 bits per heavy atom. The van der Waals surface area contributed by atoms with Crippen LogP contribution in [0.5, 0.6) is 0 Å². The topological polar surface area (TPSA) is 29.3 Å². The van der Waals surface area contributed by atoms with Gasteiger partial charge in [0, 0.05) is 24.8 Å². The SMILES string of the molecule is Nc1ccccc1CN(CCc1ccccc1)C1CC1. The first-order valence-electron chi connectivity index (χ1n) is 7.44. The molecular weight excluding hydrogens is 244 g/mol. The molecule has 0 spiro atoms. The molecule has 0 saturated heterocycles. The van der Waals surface area contributed by atoms with Gasteiger partial charge in [-0.05, 0) is 36.5 Å². The molecule has 0 amide bonds. The van der Waals surface area contributed by atoms with E-state index in [1.165, 1.54) is 24.0 Å². The van der Waals surface area contributed by atoms with Crippen LogP contribution in [0.25, 0.3) is 0 Å². The number of anilines is 1. The molecule has 2 heteroatoms. The molecule has 0 heterocycles. The fraction of sp³-hybridized carbons (Fsp3) is 0.333. The number of nitrogen functional groups attached to an aromatic ring is 1. The smallest absolute Gasteiger partial charge is 0.0359 e. The lowest BCUT2D eigenvalue weighted by Gasteiger charge is -2.23. The summed E-state index contributed by atoms with van der Waals surface area (Å²) >= 11 is 0. The maximum absolute atomic E-state index is 6.07. The van der Waals surface area contributed by atoms with Crippen LogP contribution in [-0.4, -0.2) is 17.5 Å². The summed E-state index contributed by atoms with van der Waals surface area (Å²) < 4.78 is 0. The molecule has 2 aromatic carbocycles. The van der Waals surface area contributed by atoms with Crippen molar-refractivity contribution in [3.63, 3.8) is 0 Å². The largest absolute Gasteiger partial charge is 0.398 e. The van der Waals surface area contributed by atoms with Gasteiger partial charge in [0.25, 0.3) is 0 Å². The lowest BCUT2D eigenvalue weighted by molar-refractivity contribution is 0.258. The Hall–Kier alpha value is -1.80. The predicted octanol–water partition coefficient (Wildman–Crippen LogP) is 3.48. The van der Waals surface area contributed by atoms with Gasteiger partial charge in [-0.1, -0.05) is 48.5 Å². The Balaban J connectivity index is 1.63. The average molecular weight is 266 g/mol. The van der Waals surface area contributed by atoms with Crippen LogP contribution in [0.2, 0.25) is 0 Å². The first kappa shape index (κ1) is 13.2. The standard InChI is InChI=1S/C18H22N2/c19-18-9-5-4-8-16(18)14-20(17-10-11-17)13-12-15-6-2-1-3-7-15/h1-9,17H,10-14,19H2. The highest BCUT2D eigenvalue weighted by atomic mass is 15.2. The van der Waals surface area contributed by atoms with Crippen LogP contribution < -0.4 is 5.73 Å². The molecule has 0 aromatic heterocycles. The fourth-order valence-corrected chi connectivity index (χ4v) is 2.64. The minimum atomic E-state index is 0.762. The quantitative estimate of drug-likeness (QED) is 0.811. The Morgan fingerprint density at radius 1 is 0.950 bits per heavy atom. The predicted molar refractivity (Wildman–Crippen MR) is 84.4 cm³/mol. The van der Waals surface area contributed by atoms with Crippen molar-refractivity contribution in [3.8, 4) is 0 Å². The summed E-state index contributed by atoms with van der Waals surface area (Å²) in [5, 5.41) is 0. The van der Waals surface area contributed by atoms with Gasteiger partial charge >= 0.3 is 0 Å². The molecule has 1 fully saturated rings. The second kappa shape index (κ2) is 6.10. The zero-order valence-corrected chi connectivity index (χ0v) is 11.8. The zero-order chi connectivity index (χ0) is 13.8.